The van der Waals surface area contributed by atoms with Crippen molar-refractivity contribution in [3.63, 3.8) is 0 Å². The van der Waals surface area contributed by atoms with Crippen molar-refractivity contribution in [1.29, 1.82) is 0 Å². The number of rotatable bonds is 18. The molecule has 0 saturated carbocycles. The Labute approximate surface area is 218 Å². The van der Waals surface area contributed by atoms with Crippen LogP contribution in [0, 0.1) is 23.7 Å². The van der Waals surface area contributed by atoms with Crippen LogP contribution < -0.4 is 0 Å². The fraction of sp³-hybridized carbons (Fsp3) is 0.727. The molecule has 0 heterocycles. The first-order chi connectivity index (χ1) is 16.6. The predicted molar refractivity (Wildman–Crippen MR) is 153 cm³/mol. The summed E-state index contributed by atoms with van der Waals surface area (Å²) in [5, 5.41) is 0. The van der Waals surface area contributed by atoms with Crippen LogP contribution in [0.15, 0.2) is 35.9 Å². The number of hydrogen-bond acceptors (Lipinski definition) is 2. The molecular formula is C33H56O2. The molecule has 0 aliphatic rings. The monoisotopic (exact) mass is 484 g/mol. The number of benzene rings is 1. The highest BCUT2D eigenvalue weighted by Gasteiger charge is 2.16. The Hall–Kier alpha value is -1.57. The van der Waals surface area contributed by atoms with E-state index in [0.717, 1.165) is 36.2 Å². The zero-order chi connectivity index (χ0) is 26.2. The first-order valence-electron chi connectivity index (χ1n) is 14.5. The van der Waals surface area contributed by atoms with Gasteiger partial charge in [-0.2, -0.15) is 0 Å². The molecule has 1 aromatic rings. The molecule has 1 rings (SSSR count). The third kappa shape index (κ3) is 15.2. The van der Waals surface area contributed by atoms with Gasteiger partial charge in [-0.15, -0.1) is 0 Å². The maximum absolute atomic E-state index is 12.5. The summed E-state index contributed by atoms with van der Waals surface area (Å²) in [5.41, 5.74) is 3.68. The van der Waals surface area contributed by atoms with E-state index in [9.17, 15) is 4.79 Å². The molecule has 0 fully saturated rings. The van der Waals surface area contributed by atoms with Gasteiger partial charge in [0, 0.05) is 0 Å². The topological polar surface area (TPSA) is 26.3 Å². The molecule has 0 saturated heterocycles. The van der Waals surface area contributed by atoms with E-state index in [2.05, 4.69) is 78.8 Å². The average Bonchev–Trinajstić information content (AvgIpc) is 2.78. The molecule has 0 radical (unpaired) electrons. The lowest BCUT2D eigenvalue weighted by atomic mass is 9.91. The standard InChI is InChI=1S/C33H56O2/c1-25(2)12-9-13-27(5)14-10-15-28(6)16-11-17-29(7)22-23-35-33(34)30(8)32-20-18-31(19-21-32)24-26(3)4/h18-22,25-28,30H,9-17,23-24H2,1-8H3/b29-22+/t27-,28-,30+/m1/s1. The van der Waals surface area contributed by atoms with Gasteiger partial charge in [-0.1, -0.05) is 116 Å². The zero-order valence-electron chi connectivity index (χ0n) is 24.4. The second-order valence-corrected chi connectivity index (χ2v) is 12.1. The van der Waals surface area contributed by atoms with Gasteiger partial charge in [0.1, 0.15) is 6.61 Å². The van der Waals surface area contributed by atoms with Crippen LogP contribution >= 0.6 is 0 Å². The van der Waals surface area contributed by atoms with Crippen molar-refractivity contribution in [2.24, 2.45) is 23.7 Å². The Bertz CT molecular complexity index is 713. The molecule has 3 atom stereocenters. The second kappa shape index (κ2) is 17.8. The van der Waals surface area contributed by atoms with Gasteiger partial charge in [0.25, 0.3) is 0 Å². The summed E-state index contributed by atoms with van der Waals surface area (Å²) < 4.78 is 5.55. The number of hydrogen-bond donors (Lipinski definition) is 0. The Morgan fingerprint density at radius 1 is 0.771 bits per heavy atom. The molecule has 2 heteroatoms. The van der Waals surface area contributed by atoms with Gasteiger partial charge in [0.2, 0.25) is 0 Å². The highest BCUT2D eigenvalue weighted by atomic mass is 16.5. The first-order valence-corrected chi connectivity index (χ1v) is 14.5. The minimum absolute atomic E-state index is 0.141. The van der Waals surface area contributed by atoms with Gasteiger partial charge in [-0.05, 0) is 74.0 Å². The van der Waals surface area contributed by atoms with Crippen LogP contribution in [0.3, 0.4) is 0 Å². The zero-order valence-corrected chi connectivity index (χ0v) is 24.4. The van der Waals surface area contributed by atoms with Crippen LogP contribution in [-0.4, -0.2) is 12.6 Å². The van der Waals surface area contributed by atoms with E-state index in [1.165, 1.54) is 62.5 Å². The summed E-state index contributed by atoms with van der Waals surface area (Å²) in [5.74, 6) is 2.79. The van der Waals surface area contributed by atoms with Crippen LogP contribution in [0.2, 0.25) is 0 Å². The highest BCUT2D eigenvalue weighted by molar-refractivity contribution is 5.77. The number of esters is 1. The average molecular weight is 485 g/mol. The molecule has 35 heavy (non-hydrogen) atoms. The molecule has 0 N–H and O–H groups in total. The van der Waals surface area contributed by atoms with Gasteiger partial charge >= 0.3 is 5.97 Å². The predicted octanol–water partition coefficient (Wildman–Crippen LogP) is 9.92. The van der Waals surface area contributed by atoms with Gasteiger partial charge in [0.15, 0.2) is 0 Å². The van der Waals surface area contributed by atoms with Gasteiger partial charge in [0.05, 0.1) is 5.92 Å². The third-order valence-electron chi connectivity index (χ3n) is 7.27. The first kappa shape index (κ1) is 31.5. The van der Waals surface area contributed by atoms with Crippen molar-refractivity contribution in [2.45, 2.75) is 126 Å². The van der Waals surface area contributed by atoms with Crippen molar-refractivity contribution in [1.82, 2.24) is 0 Å². The van der Waals surface area contributed by atoms with Gasteiger partial charge in [-0.3, -0.25) is 4.79 Å². The fourth-order valence-corrected chi connectivity index (χ4v) is 4.75. The minimum atomic E-state index is -0.226. The molecule has 0 spiro atoms. The van der Waals surface area contributed by atoms with Crippen LogP contribution in [0.5, 0.6) is 0 Å². The Morgan fingerprint density at radius 3 is 1.86 bits per heavy atom. The molecule has 0 aromatic heterocycles. The highest BCUT2D eigenvalue weighted by Crippen LogP contribution is 2.22. The van der Waals surface area contributed by atoms with E-state index < -0.39 is 0 Å². The number of allylic oxidation sites excluding steroid dienone is 1. The molecular weight excluding hydrogens is 428 g/mol. The van der Waals surface area contributed by atoms with Crippen molar-refractivity contribution in [3.8, 4) is 0 Å². The van der Waals surface area contributed by atoms with Crippen molar-refractivity contribution >= 4 is 5.97 Å². The molecule has 2 nitrogen and oxygen atoms in total. The number of carbonyl (C=O) groups is 1. The van der Waals surface area contributed by atoms with Gasteiger partial charge < -0.3 is 4.74 Å². The van der Waals surface area contributed by atoms with E-state index >= 15 is 0 Å². The summed E-state index contributed by atoms with van der Waals surface area (Å²) in [6.45, 7) is 18.4. The maximum Gasteiger partial charge on any atom is 0.313 e. The molecule has 0 aliphatic carbocycles. The van der Waals surface area contributed by atoms with Crippen LogP contribution in [-0.2, 0) is 16.0 Å². The van der Waals surface area contributed by atoms with E-state index in [1.807, 2.05) is 6.92 Å². The molecule has 0 aliphatic heterocycles. The Balaban J connectivity index is 2.21. The van der Waals surface area contributed by atoms with E-state index in [-0.39, 0.29) is 11.9 Å². The molecule has 0 amide bonds. The van der Waals surface area contributed by atoms with Crippen LogP contribution in [0.1, 0.15) is 130 Å². The Morgan fingerprint density at radius 2 is 1.31 bits per heavy atom. The van der Waals surface area contributed by atoms with E-state index in [4.69, 9.17) is 4.74 Å². The SMILES string of the molecule is C/C(=C\COC(=O)[C@@H](C)c1ccc(CC(C)C)cc1)CCC[C@H](C)CCC[C@H](C)CCCC(C)C. The van der Waals surface area contributed by atoms with E-state index in [1.54, 1.807) is 0 Å². The molecule has 200 valence electrons. The lowest BCUT2D eigenvalue weighted by molar-refractivity contribution is -0.143. The van der Waals surface area contributed by atoms with Crippen molar-refractivity contribution in [3.05, 3.63) is 47.0 Å². The number of ether oxygens (including phenoxy) is 1. The minimum Gasteiger partial charge on any atom is -0.461 e. The summed E-state index contributed by atoms with van der Waals surface area (Å²) in [6.07, 6.45) is 15.0. The second-order valence-electron chi connectivity index (χ2n) is 12.1. The molecule has 0 bridgehead atoms. The summed E-state index contributed by atoms with van der Waals surface area (Å²) in [7, 11) is 0. The van der Waals surface area contributed by atoms with Crippen LogP contribution in [0.4, 0.5) is 0 Å². The largest absolute Gasteiger partial charge is 0.461 e. The lowest BCUT2D eigenvalue weighted by Crippen LogP contribution is -2.13. The number of carbonyl (C=O) groups excluding carboxylic acids is 1. The summed E-state index contributed by atoms with van der Waals surface area (Å²) in [6, 6.07) is 8.41. The third-order valence-corrected chi connectivity index (χ3v) is 7.27. The molecule has 0 unspecified atom stereocenters. The van der Waals surface area contributed by atoms with Crippen molar-refractivity contribution < 1.29 is 9.53 Å². The summed E-state index contributed by atoms with van der Waals surface area (Å²) >= 11 is 0. The maximum atomic E-state index is 12.5. The lowest BCUT2D eigenvalue weighted by Gasteiger charge is -2.15. The molecule has 1 aromatic carbocycles. The van der Waals surface area contributed by atoms with Gasteiger partial charge in [-0.25, -0.2) is 0 Å². The van der Waals surface area contributed by atoms with E-state index in [0.29, 0.717) is 12.5 Å². The van der Waals surface area contributed by atoms with Crippen LogP contribution in [0.25, 0.3) is 0 Å². The quantitative estimate of drug-likeness (QED) is 0.153. The van der Waals surface area contributed by atoms with Crippen molar-refractivity contribution in [2.75, 3.05) is 6.61 Å². The fourth-order valence-electron chi connectivity index (χ4n) is 4.75. The smallest absolute Gasteiger partial charge is 0.313 e. The summed E-state index contributed by atoms with van der Waals surface area (Å²) in [4.78, 5) is 12.5. The normalized spacial score (nSPS) is 14.9. The Kier molecular flexibility index (Phi) is 16.0.